The number of carbonyl (C=O) groups is 1. The zero-order valence-electron chi connectivity index (χ0n) is 12.4. The first-order chi connectivity index (χ1) is 10.0. The standard InChI is InChI=1S/C14H17F3O4S/c1-4-9-20-13(18)12(22(2,3)19)10-5-7-11(8-6-10)21-14(15,16)17/h5-8H,4,9H2,1-3H3. The second kappa shape index (κ2) is 7.04. The van der Waals surface area contributed by atoms with Crippen LogP contribution in [-0.2, 0) is 19.1 Å². The number of carbonyl (C=O) groups excluding carboxylic acids is 1. The van der Waals surface area contributed by atoms with E-state index in [0.29, 0.717) is 6.42 Å². The van der Waals surface area contributed by atoms with Crippen molar-refractivity contribution in [3.63, 3.8) is 0 Å². The highest BCUT2D eigenvalue weighted by molar-refractivity contribution is 8.02. The molecule has 0 aliphatic carbocycles. The fourth-order valence-electron chi connectivity index (χ4n) is 1.67. The fourth-order valence-corrected chi connectivity index (χ4v) is 2.83. The van der Waals surface area contributed by atoms with E-state index < -0.39 is 27.6 Å². The monoisotopic (exact) mass is 338 g/mol. The molecule has 0 aromatic heterocycles. The molecule has 0 heterocycles. The van der Waals surface area contributed by atoms with Crippen LogP contribution < -0.4 is 4.74 Å². The highest BCUT2D eigenvalue weighted by Gasteiger charge is 2.31. The Kier molecular flexibility index (Phi) is 5.87. The number of benzene rings is 1. The Morgan fingerprint density at radius 2 is 1.73 bits per heavy atom. The molecule has 0 atom stereocenters. The lowest BCUT2D eigenvalue weighted by Crippen LogP contribution is -2.26. The number of ether oxygens (including phenoxy) is 2. The van der Waals surface area contributed by atoms with Crippen molar-refractivity contribution in [2.45, 2.75) is 19.7 Å². The third-order valence-electron chi connectivity index (χ3n) is 2.46. The number of hydrogen-bond acceptors (Lipinski definition) is 4. The average Bonchev–Trinajstić information content (AvgIpc) is 2.35. The molecule has 0 unspecified atom stereocenters. The van der Waals surface area contributed by atoms with Crippen LogP contribution >= 0.6 is 0 Å². The maximum absolute atomic E-state index is 12.3. The minimum absolute atomic E-state index is 0.0560. The fraction of sp³-hybridized carbons (Fsp3) is 0.429. The van der Waals surface area contributed by atoms with E-state index in [9.17, 15) is 22.2 Å². The predicted octanol–water partition coefficient (Wildman–Crippen LogP) is 2.60. The largest absolute Gasteiger partial charge is 0.573 e. The van der Waals surface area contributed by atoms with Crippen molar-refractivity contribution in [2.75, 3.05) is 19.1 Å². The van der Waals surface area contributed by atoms with Gasteiger partial charge in [0.1, 0.15) is 10.6 Å². The van der Waals surface area contributed by atoms with Gasteiger partial charge in [0.2, 0.25) is 0 Å². The first-order valence-corrected chi connectivity index (χ1v) is 8.76. The summed E-state index contributed by atoms with van der Waals surface area (Å²) in [6.45, 7) is 1.98. The summed E-state index contributed by atoms with van der Waals surface area (Å²) in [6.07, 6.45) is -1.45. The van der Waals surface area contributed by atoms with Crippen molar-refractivity contribution >= 4 is 20.4 Å². The molecular weight excluding hydrogens is 321 g/mol. The second-order valence-corrected chi connectivity index (χ2v) is 7.64. The van der Waals surface area contributed by atoms with Crippen LogP contribution in [0.2, 0.25) is 0 Å². The SMILES string of the molecule is CCCOC(=O)C(c1ccc(OC(F)(F)F)cc1)=S(C)(C)=O. The molecule has 0 aliphatic rings. The number of rotatable bonds is 5. The summed E-state index contributed by atoms with van der Waals surface area (Å²) in [7, 11) is -2.67. The zero-order valence-corrected chi connectivity index (χ0v) is 13.2. The molecule has 8 heteroatoms. The van der Waals surface area contributed by atoms with Crippen molar-refractivity contribution in [1.82, 2.24) is 0 Å². The van der Waals surface area contributed by atoms with Gasteiger partial charge in [-0.25, -0.2) is 4.79 Å². The predicted molar refractivity (Wildman–Crippen MR) is 78.5 cm³/mol. The summed E-state index contributed by atoms with van der Waals surface area (Å²) in [5.74, 6) is -1.16. The van der Waals surface area contributed by atoms with E-state index in [1.165, 1.54) is 24.6 Å². The Balaban J connectivity index is 3.14. The Hall–Kier alpha value is -1.70. The Labute approximate surface area is 127 Å². The van der Waals surface area contributed by atoms with Crippen LogP contribution in [0.4, 0.5) is 13.2 Å². The van der Waals surface area contributed by atoms with Gasteiger partial charge in [0, 0.05) is 12.5 Å². The molecule has 22 heavy (non-hydrogen) atoms. The Bertz CT molecular complexity index is 633. The van der Waals surface area contributed by atoms with Gasteiger partial charge < -0.3 is 9.47 Å². The maximum Gasteiger partial charge on any atom is 0.573 e. The molecule has 0 fully saturated rings. The van der Waals surface area contributed by atoms with Gasteiger partial charge in [0.25, 0.3) is 0 Å². The summed E-state index contributed by atoms with van der Waals surface area (Å²) in [5, 5.41) is 0. The van der Waals surface area contributed by atoms with Gasteiger partial charge in [-0.2, -0.15) is 0 Å². The van der Waals surface area contributed by atoms with Gasteiger partial charge in [0.05, 0.1) is 6.61 Å². The molecule has 4 nitrogen and oxygen atoms in total. The van der Waals surface area contributed by atoms with E-state index in [2.05, 4.69) is 4.74 Å². The highest BCUT2D eigenvalue weighted by Crippen LogP contribution is 2.23. The van der Waals surface area contributed by atoms with E-state index in [-0.39, 0.29) is 17.0 Å². The van der Waals surface area contributed by atoms with Crippen molar-refractivity contribution in [3.8, 4) is 5.75 Å². The summed E-state index contributed by atoms with van der Waals surface area (Å²) in [6, 6.07) is 4.61. The minimum Gasteiger partial charge on any atom is -0.462 e. The lowest BCUT2D eigenvalue weighted by Gasteiger charge is -2.12. The Morgan fingerprint density at radius 3 is 2.14 bits per heavy atom. The molecule has 0 saturated heterocycles. The number of esters is 1. The molecule has 0 spiro atoms. The van der Waals surface area contributed by atoms with Gasteiger partial charge in [0.15, 0.2) is 0 Å². The molecule has 1 rings (SSSR count). The molecule has 0 amide bonds. The van der Waals surface area contributed by atoms with Crippen LogP contribution in [0, 0.1) is 0 Å². The number of halogens is 3. The minimum atomic E-state index is -4.79. The molecule has 0 N–H and O–H groups in total. The molecule has 124 valence electrons. The Morgan fingerprint density at radius 1 is 1.18 bits per heavy atom. The summed E-state index contributed by atoms with van der Waals surface area (Å²) >= 11 is 0. The molecule has 1 aromatic carbocycles. The van der Waals surface area contributed by atoms with Crippen molar-refractivity contribution in [3.05, 3.63) is 29.8 Å². The van der Waals surface area contributed by atoms with E-state index in [4.69, 9.17) is 4.74 Å². The summed E-state index contributed by atoms with van der Waals surface area (Å²) in [5.41, 5.74) is 0.241. The van der Waals surface area contributed by atoms with Crippen LogP contribution in [0.3, 0.4) is 0 Å². The van der Waals surface area contributed by atoms with Gasteiger partial charge in [-0.1, -0.05) is 6.92 Å². The first kappa shape index (κ1) is 18.3. The zero-order chi connectivity index (χ0) is 17.0. The topological polar surface area (TPSA) is 52.6 Å². The lowest BCUT2D eigenvalue weighted by molar-refractivity contribution is -0.274. The van der Waals surface area contributed by atoms with Crippen molar-refractivity contribution in [1.29, 1.82) is 0 Å². The van der Waals surface area contributed by atoms with E-state index >= 15 is 0 Å². The molecule has 0 bridgehead atoms. The number of hydrogen-bond donors (Lipinski definition) is 0. The normalized spacial score (nSPS) is 11.9. The van der Waals surface area contributed by atoms with E-state index in [1.54, 1.807) is 0 Å². The van der Waals surface area contributed by atoms with Gasteiger partial charge >= 0.3 is 12.3 Å². The molecular formula is C14H17F3O4S. The van der Waals surface area contributed by atoms with Crippen LogP contribution in [0.5, 0.6) is 5.75 Å². The molecule has 0 saturated carbocycles. The highest BCUT2D eigenvalue weighted by atomic mass is 32.2. The van der Waals surface area contributed by atoms with Gasteiger partial charge in [-0.3, -0.25) is 4.21 Å². The molecule has 0 radical (unpaired) electrons. The average molecular weight is 338 g/mol. The van der Waals surface area contributed by atoms with Crippen LogP contribution in [0.25, 0.3) is 0 Å². The quantitative estimate of drug-likeness (QED) is 0.470. The van der Waals surface area contributed by atoms with Crippen LogP contribution in [0.1, 0.15) is 18.9 Å². The second-order valence-electron chi connectivity index (χ2n) is 4.77. The van der Waals surface area contributed by atoms with E-state index in [0.717, 1.165) is 12.1 Å². The summed E-state index contributed by atoms with van der Waals surface area (Å²) < 4.78 is 57.3. The lowest BCUT2D eigenvalue weighted by atomic mass is 10.1. The third kappa shape index (κ3) is 5.59. The smallest absolute Gasteiger partial charge is 0.462 e. The summed E-state index contributed by atoms with van der Waals surface area (Å²) in [4.78, 5) is 12.0. The molecule has 1 aromatic rings. The van der Waals surface area contributed by atoms with Gasteiger partial charge in [-0.15, -0.1) is 13.2 Å². The molecule has 0 aliphatic heterocycles. The van der Waals surface area contributed by atoms with Gasteiger partial charge in [-0.05, 0) is 45.8 Å². The van der Waals surface area contributed by atoms with Crippen LogP contribution in [-0.4, -0.2) is 40.5 Å². The maximum atomic E-state index is 12.3. The number of alkyl halides is 3. The van der Waals surface area contributed by atoms with Crippen molar-refractivity contribution < 1.29 is 31.6 Å². The van der Waals surface area contributed by atoms with Crippen LogP contribution in [0.15, 0.2) is 24.3 Å². The van der Waals surface area contributed by atoms with Crippen molar-refractivity contribution in [2.24, 2.45) is 0 Å². The third-order valence-corrected chi connectivity index (χ3v) is 3.85. The first-order valence-electron chi connectivity index (χ1n) is 6.39. The van der Waals surface area contributed by atoms with E-state index in [1.807, 2.05) is 6.92 Å².